The summed E-state index contributed by atoms with van der Waals surface area (Å²) >= 11 is 0. The summed E-state index contributed by atoms with van der Waals surface area (Å²) in [6, 6.07) is 9.32. The summed E-state index contributed by atoms with van der Waals surface area (Å²) in [7, 11) is 1.42. The highest BCUT2D eigenvalue weighted by atomic mass is 16.5. The van der Waals surface area contributed by atoms with Crippen molar-refractivity contribution in [1.82, 2.24) is 0 Å². The van der Waals surface area contributed by atoms with E-state index in [9.17, 15) is 19.5 Å². The molecule has 3 aromatic rings. The van der Waals surface area contributed by atoms with Crippen molar-refractivity contribution in [3.63, 3.8) is 0 Å². The molecule has 1 aromatic heterocycles. The summed E-state index contributed by atoms with van der Waals surface area (Å²) < 4.78 is 11.1. The lowest BCUT2D eigenvalue weighted by Gasteiger charge is -2.11. The highest BCUT2D eigenvalue weighted by molar-refractivity contribution is 5.89. The van der Waals surface area contributed by atoms with Gasteiger partial charge in [0.15, 0.2) is 5.43 Å². The zero-order valence-corrected chi connectivity index (χ0v) is 15.8. The summed E-state index contributed by atoms with van der Waals surface area (Å²) in [5.41, 5.74) is 1.46. The van der Waals surface area contributed by atoms with E-state index < -0.39 is 11.9 Å². The molecule has 1 heterocycles. The first-order valence-electron chi connectivity index (χ1n) is 8.68. The minimum atomic E-state index is -1.07. The van der Waals surface area contributed by atoms with Crippen LogP contribution in [0.4, 0.5) is 0 Å². The number of carbonyl (C=O) groups is 2. The molecule has 0 unspecified atom stereocenters. The van der Waals surface area contributed by atoms with Crippen LogP contribution < -0.4 is 10.2 Å². The lowest BCUT2D eigenvalue weighted by molar-refractivity contribution is -0.136. The topological polar surface area (TPSA) is 114 Å². The first-order valence-corrected chi connectivity index (χ1v) is 8.68. The number of fused-ring (bicyclic) bond motifs is 1. The number of hydrogen-bond acceptors (Lipinski definition) is 5. The lowest BCUT2D eigenvalue weighted by atomic mass is 10.0. The molecule has 0 radical (unpaired) electrons. The fraction of sp³-hybridized carbons (Fsp3) is 0.136. The molecule has 0 bridgehead atoms. The largest absolute Gasteiger partial charge is 0.496 e. The van der Waals surface area contributed by atoms with Crippen LogP contribution in [0.1, 0.15) is 32.8 Å². The van der Waals surface area contributed by atoms with E-state index in [1.807, 2.05) is 0 Å². The summed E-state index contributed by atoms with van der Waals surface area (Å²) in [6.07, 6.45) is 2.92. The molecule has 0 fully saturated rings. The second kappa shape index (κ2) is 8.02. The number of carboxylic acid groups (broad SMARTS) is 2. The molecular formula is C22H18O7. The highest BCUT2D eigenvalue weighted by Gasteiger charge is 2.18. The summed E-state index contributed by atoms with van der Waals surface area (Å²) in [4.78, 5) is 35.0. The smallest absolute Gasteiger partial charge is 0.335 e. The van der Waals surface area contributed by atoms with E-state index in [4.69, 9.17) is 14.3 Å². The van der Waals surface area contributed by atoms with Crippen LogP contribution in [0.2, 0.25) is 0 Å². The van der Waals surface area contributed by atoms with E-state index in [1.54, 1.807) is 43.3 Å². The molecule has 0 saturated carbocycles. The zero-order chi connectivity index (χ0) is 21.1. The fourth-order valence-electron chi connectivity index (χ4n) is 2.98. The maximum atomic E-state index is 12.8. The average Bonchev–Trinajstić information content (AvgIpc) is 2.70. The molecule has 0 atom stereocenters. The number of rotatable bonds is 6. The third kappa shape index (κ3) is 4.03. The van der Waals surface area contributed by atoms with E-state index in [2.05, 4.69) is 0 Å². The van der Waals surface area contributed by atoms with Crippen LogP contribution in [0.25, 0.3) is 23.1 Å². The number of carboxylic acids is 2. The first-order chi connectivity index (χ1) is 13.8. The average molecular weight is 394 g/mol. The Balaban J connectivity index is 2.12. The number of benzene rings is 2. The van der Waals surface area contributed by atoms with E-state index in [1.165, 1.54) is 19.2 Å². The molecule has 148 valence electrons. The molecule has 3 rings (SSSR count). The van der Waals surface area contributed by atoms with Gasteiger partial charge in [0.1, 0.15) is 17.1 Å². The summed E-state index contributed by atoms with van der Waals surface area (Å²) in [6.45, 7) is 1.62. The minimum Gasteiger partial charge on any atom is -0.496 e. The monoisotopic (exact) mass is 394 g/mol. The quantitative estimate of drug-likeness (QED) is 0.656. The Labute approximate surface area is 165 Å². The standard InChI is InChI=1S/C22H18O7/c1-12-17(9-5-13-3-6-14(7-4-13)22(26)27)29-21-15(20(12)25)8-10-18(28-2)16(21)11-19(23)24/h3-10H,11H2,1-2H3,(H,23,24)(H,26,27). The molecule has 7 nitrogen and oxygen atoms in total. The van der Waals surface area contributed by atoms with Gasteiger partial charge in [0, 0.05) is 11.1 Å². The fourth-order valence-corrected chi connectivity index (χ4v) is 2.98. The Morgan fingerprint density at radius 3 is 2.34 bits per heavy atom. The highest BCUT2D eigenvalue weighted by Crippen LogP contribution is 2.29. The minimum absolute atomic E-state index is 0.168. The Hall–Kier alpha value is -3.87. The number of ether oxygens (including phenoxy) is 1. The summed E-state index contributed by atoms with van der Waals surface area (Å²) in [5.74, 6) is -1.48. The number of aromatic carboxylic acids is 1. The molecule has 2 aromatic carbocycles. The van der Waals surface area contributed by atoms with Gasteiger partial charge < -0.3 is 19.4 Å². The Morgan fingerprint density at radius 2 is 1.76 bits per heavy atom. The van der Waals surface area contributed by atoms with E-state index in [-0.39, 0.29) is 39.7 Å². The maximum absolute atomic E-state index is 12.8. The predicted molar refractivity (Wildman–Crippen MR) is 107 cm³/mol. The Bertz CT molecular complexity index is 1180. The Kier molecular flexibility index (Phi) is 5.50. The van der Waals surface area contributed by atoms with Crippen LogP contribution in [-0.4, -0.2) is 29.3 Å². The van der Waals surface area contributed by atoms with Crippen molar-refractivity contribution in [3.05, 3.63) is 74.6 Å². The second-order valence-corrected chi connectivity index (χ2v) is 6.37. The molecule has 0 saturated heterocycles. The van der Waals surface area contributed by atoms with Gasteiger partial charge in [0.2, 0.25) is 0 Å². The van der Waals surface area contributed by atoms with Gasteiger partial charge in [-0.2, -0.15) is 0 Å². The molecular weight excluding hydrogens is 376 g/mol. The molecule has 2 N–H and O–H groups in total. The third-order valence-corrected chi connectivity index (χ3v) is 4.52. The number of aliphatic carboxylic acids is 1. The van der Waals surface area contributed by atoms with Crippen LogP contribution in [0.15, 0.2) is 45.6 Å². The molecule has 7 heteroatoms. The second-order valence-electron chi connectivity index (χ2n) is 6.37. The van der Waals surface area contributed by atoms with Gasteiger partial charge in [-0.3, -0.25) is 9.59 Å². The van der Waals surface area contributed by atoms with Crippen LogP contribution in [0.5, 0.6) is 5.75 Å². The maximum Gasteiger partial charge on any atom is 0.335 e. The number of methoxy groups -OCH3 is 1. The summed E-state index contributed by atoms with van der Waals surface area (Å²) in [5, 5.41) is 18.5. The number of hydrogen-bond donors (Lipinski definition) is 2. The van der Waals surface area contributed by atoms with Gasteiger partial charge in [-0.1, -0.05) is 18.2 Å². The SMILES string of the molecule is COc1ccc2c(=O)c(C)c(C=Cc3ccc(C(=O)O)cc3)oc2c1CC(=O)O. The van der Waals surface area contributed by atoms with Gasteiger partial charge in [-0.15, -0.1) is 0 Å². The predicted octanol–water partition coefficient (Wildman–Crippen LogP) is 3.61. The van der Waals surface area contributed by atoms with Crippen LogP contribution >= 0.6 is 0 Å². The van der Waals surface area contributed by atoms with Crippen LogP contribution in [0.3, 0.4) is 0 Å². The molecule has 0 amide bonds. The van der Waals surface area contributed by atoms with Crippen molar-refractivity contribution in [1.29, 1.82) is 0 Å². The van der Waals surface area contributed by atoms with Gasteiger partial charge >= 0.3 is 11.9 Å². The van der Waals surface area contributed by atoms with Gasteiger partial charge in [0.25, 0.3) is 0 Å². The van der Waals surface area contributed by atoms with Gasteiger partial charge in [0.05, 0.1) is 24.5 Å². The molecule has 0 spiro atoms. The first kappa shape index (κ1) is 19.9. The zero-order valence-electron chi connectivity index (χ0n) is 15.8. The van der Waals surface area contributed by atoms with Crippen molar-refractivity contribution in [2.24, 2.45) is 0 Å². The molecule has 0 aliphatic heterocycles. The van der Waals surface area contributed by atoms with Crippen molar-refractivity contribution in [2.75, 3.05) is 7.11 Å². The third-order valence-electron chi connectivity index (χ3n) is 4.52. The van der Waals surface area contributed by atoms with Crippen molar-refractivity contribution >= 4 is 35.1 Å². The van der Waals surface area contributed by atoms with Gasteiger partial charge in [-0.25, -0.2) is 4.79 Å². The molecule has 0 aliphatic carbocycles. The van der Waals surface area contributed by atoms with E-state index in [0.717, 1.165) is 0 Å². The van der Waals surface area contributed by atoms with E-state index in [0.29, 0.717) is 16.9 Å². The van der Waals surface area contributed by atoms with Crippen LogP contribution in [0, 0.1) is 6.92 Å². The molecule has 0 aliphatic rings. The molecule has 29 heavy (non-hydrogen) atoms. The van der Waals surface area contributed by atoms with Crippen molar-refractivity contribution < 1.29 is 29.0 Å². The lowest BCUT2D eigenvalue weighted by Crippen LogP contribution is -2.10. The Morgan fingerprint density at radius 1 is 1.07 bits per heavy atom. The van der Waals surface area contributed by atoms with E-state index >= 15 is 0 Å². The van der Waals surface area contributed by atoms with Crippen molar-refractivity contribution in [2.45, 2.75) is 13.3 Å². The van der Waals surface area contributed by atoms with Crippen LogP contribution in [-0.2, 0) is 11.2 Å². The normalized spacial score (nSPS) is 11.1. The van der Waals surface area contributed by atoms with Gasteiger partial charge in [-0.05, 0) is 42.8 Å². The van der Waals surface area contributed by atoms with Crippen molar-refractivity contribution in [3.8, 4) is 5.75 Å².